The van der Waals surface area contributed by atoms with Crippen LogP contribution in [-0.2, 0) is 4.79 Å². The molecule has 0 aromatic rings. The predicted molar refractivity (Wildman–Crippen MR) is 42.5 cm³/mol. The molecule has 0 N–H and O–H groups in total. The summed E-state index contributed by atoms with van der Waals surface area (Å²) in [5.74, 6) is -0.102. The minimum absolute atomic E-state index is 0.0137. The molecule has 0 aliphatic heterocycles. The standard InChI is InChI=1S/C6H11ClN2O/c1-3-9(5-8-2)6(10)4-7/h5H,3-4H2,1-2H3. The Bertz CT molecular complexity index is 136. The van der Waals surface area contributed by atoms with Gasteiger partial charge in [-0.2, -0.15) is 0 Å². The summed E-state index contributed by atoms with van der Waals surface area (Å²) in [5.41, 5.74) is 0. The molecule has 0 heterocycles. The fourth-order valence-electron chi connectivity index (χ4n) is 0.539. The first-order chi connectivity index (χ1) is 4.76. The molecule has 0 unspecified atom stereocenters. The van der Waals surface area contributed by atoms with Crippen molar-refractivity contribution in [2.45, 2.75) is 6.92 Å². The molecule has 0 aliphatic carbocycles. The van der Waals surface area contributed by atoms with Crippen LogP contribution in [0.3, 0.4) is 0 Å². The third-order valence-electron chi connectivity index (χ3n) is 1.03. The van der Waals surface area contributed by atoms with Crippen molar-refractivity contribution in [2.24, 2.45) is 4.99 Å². The van der Waals surface area contributed by atoms with Crippen molar-refractivity contribution >= 4 is 23.8 Å². The number of hydrogen-bond acceptors (Lipinski definition) is 2. The Morgan fingerprint density at radius 3 is 2.70 bits per heavy atom. The first-order valence-electron chi connectivity index (χ1n) is 3.04. The van der Waals surface area contributed by atoms with Gasteiger partial charge in [-0.05, 0) is 6.92 Å². The molecule has 0 fully saturated rings. The second-order valence-electron chi connectivity index (χ2n) is 1.69. The van der Waals surface area contributed by atoms with E-state index in [1.165, 1.54) is 11.2 Å². The minimum Gasteiger partial charge on any atom is -0.303 e. The zero-order valence-corrected chi connectivity index (χ0v) is 6.93. The van der Waals surface area contributed by atoms with Crippen LogP contribution >= 0.6 is 11.6 Å². The van der Waals surface area contributed by atoms with Crippen molar-refractivity contribution in [2.75, 3.05) is 19.5 Å². The average molecular weight is 163 g/mol. The highest BCUT2D eigenvalue weighted by molar-refractivity contribution is 6.27. The molecule has 0 aliphatic rings. The monoisotopic (exact) mass is 162 g/mol. The van der Waals surface area contributed by atoms with E-state index in [1.807, 2.05) is 6.92 Å². The van der Waals surface area contributed by atoms with Gasteiger partial charge in [0.2, 0.25) is 5.91 Å². The second kappa shape index (κ2) is 5.23. The van der Waals surface area contributed by atoms with Gasteiger partial charge < -0.3 is 4.90 Å². The third kappa shape index (κ3) is 2.82. The van der Waals surface area contributed by atoms with Gasteiger partial charge in [-0.15, -0.1) is 11.6 Å². The molecule has 0 radical (unpaired) electrons. The van der Waals surface area contributed by atoms with Gasteiger partial charge in [0.25, 0.3) is 0 Å². The third-order valence-corrected chi connectivity index (χ3v) is 1.26. The van der Waals surface area contributed by atoms with Crippen molar-refractivity contribution < 1.29 is 4.79 Å². The fraction of sp³-hybridized carbons (Fsp3) is 0.667. The van der Waals surface area contributed by atoms with Gasteiger partial charge in [0, 0.05) is 13.6 Å². The van der Waals surface area contributed by atoms with E-state index in [1.54, 1.807) is 7.05 Å². The van der Waals surface area contributed by atoms with Gasteiger partial charge in [-0.3, -0.25) is 9.79 Å². The summed E-state index contributed by atoms with van der Waals surface area (Å²) >= 11 is 5.31. The van der Waals surface area contributed by atoms with Crippen molar-refractivity contribution in [3.05, 3.63) is 0 Å². The van der Waals surface area contributed by atoms with E-state index in [4.69, 9.17) is 11.6 Å². The molecular formula is C6H11ClN2O. The highest BCUT2D eigenvalue weighted by Crippen LogP contribution is 1.87. The van der Waals surface area contributed by atoms with Gasteiger partial charge in [-0.1, -0.05) is 0 Å². The van der Waals surface area contributed by atoms with Crippen LogP contribution < -0.4 is 0 Å². The summed E-state index contributed by atoms with van der Waals surface area (Å²) in [4.78, 5) is 16.0. The van der Waals surface area contributed by atoms with E-state index < -0.39 is 0 Å². The lowest BCUT2D eigenvalue weighted by Crippen LogP contribution is -2.30. The largest absolute Gasteiger partial charge is 0.303 e. The van der Waals surface area contributed by atoms with Crippen molar-refractivity contribution in [3.63, 3.8) is 0 Å². The maximum Gasteiger partial charge on any atom is 0.242 e. The highest BCUT2D eigenvalue weighted by Gasteiger charge is 2.05. The second-order valence-corrected chi connectivity index (χ2v) is 1.95. The van der Waals surface area contributed by atoms with Crippen molar-refractivity contribution in [3.8, 4) is 0 Å². The number of nitrogens with zero attached hydrogens (tertiary/aromatic N) is 2. The minimum atomic E-state index is -0.116. The summed E-state index contributed by atoms with van der Waals surface area (Å²) < 4.78 is 0. The molecule has 0 aromatic heterocycles. The lowest BCUT2D eigenvalue weighted by Gasteiger charge is -2.11. The van der Waals surface area contributed by atoms with E-state index in [2.05, 4.69) is 4.99 Å². The van der Waals surface area contributed by atoms with E-state index in [-0.39, 0.29) is 11.8 Å². The maximum absolute atomic E-state index is 10.8. The summed E-state index contributed by atoms with van der Waals surface area (Å²) in [6.07, 6.45) is 1.48. The zero-order chi connectivity index (χ0) is 7.98. The molecule has 58 valence electrons. The van der Waals surface area contributed by atoms with Gasteiger partial charge in [0.1, 0.15) is 5.88 Å². The van der Waals surface area contributed by atoms with Crippen LogP contribution in [0.5, 0.6) is 0 Å². The molecule has 1 amide bonds. The summed E-state index contributed by atoms with van der Waals surface area (Å²) in [7, 11) is 1.62. The predicted octanol–water partition coefficient (Wildman–Crippen LogP) is 0.732. The molecule has 0 atom stereocenters. The molecule has 0 saturated carbocycles. The number of rotatable bonds is 3. The quantitative estimate of drug-likeness (QED) is 0.342. The van der Waals surface area contributed by atoms with Gasteiger partial charge in [-0.25, -0.2) is 0 Å². The Kier molecular flexibility index (Phi) is 4.94. The normalized spacial score (nSPS) is 10.3. The molecule has 4 heteroatoms. The molecule has 3 nitrogen and oxygen atoms in total. The Labute approximate surface area is 65.7 Å². The number of halogens is 1. The van der Waals surface area contributed by atoms with Crippen LogP contribution in [0.4, 0.5) is 0 Å². The Morgan fingerprint density at radius 2 is 2.40 bits per heavy atom. The first kappa shape index (κ1) is 9.43. The molecule has 0 spiro atoms. The molecule has 10 heavy (non-hydrogen) atoms. The average Bonchev–Trinajstić information content (AvgIpc) is 1.99. The van der Waals surface area contributed by atoms with Gasteiger partial charge in [0.15, 0.2) is 0 Å². The number of alkyl halides is 1. The molecule has 0 aromatic carbocycles. The Hall–Kier alpha value is -0.570. The summed E-state index contributed by atoms with van der Waals surface area (Å²) in [5, 5.41) is 0. The van der Waals surface area contributed by atoms with Crippen molar-refractivity contribution in [1.82, 2.24) is 4.90 Å². The molecule has 0 rings (SSSR count). The number of aliphatic imine (C=N–C) groups is 1. The van der Waals surface area contributed by atoms with Crippen LogP contribution in [0.2, 0.25) is 0 Å². The summed E-state index contributed by atoms with van der Waals surface area (Å²) in [6, 6.07) is 0. The van der Waals surface area contributed by atoms with E-state index in [0.29, 0.717) is 6.54 Å². The van der Waals surface area contributed by atoms with Crippen LogP contribution in [0.1, 0.15) is 6.92 Å². The van der Waals surface area contributed by atoms with Gasteiger partial charge >= 0.3 is 0 Å². The maximum atomic E-state index is 10.8. The lowest BCUT2D eigenvalue weighted by molar-refractivity contribution is -0.124. The SMILES string of the molecule is CCN(C=NC)C(=O)CCl. The van der Waals surface area contributed by atoms with Crippen molar-refractivity contribution in [1.29, 1.82) is 0 Å². The molecule has 0 bridgehead atoms. The Balaban J connectivity index is 3.93. The topological polar surface area (TPSA) is 32.7 Å². The van der Waals surface area contributed by atoms with Gasteiger partial charge in [0.05, 0.1) is 6.34 Å². The van der Waals surface area contributed by atoms with E-state index >= 15 is 0 Å². The first-order valence-corrected chi connectivity index (χ1v) is 3.57. The van der Waals surface area contributed by atoms with Crippen LogP contribution in [0.15, 0.2) is 4.99 Å². The number of carbonyl (C=O) groups is 1. The van der Waals surface area contributed by atoms with E-state index in [0.717, 1.165) is 0 Å². The van der Waals surface area contributed by atoms with Crippen LogP contribution in [-0.4, -0.2) is 36.6 Å². The fourth-order valence-corrected chi connectivity index (χ4v) is 0.692. The molecular weight excluding hydrogens is 152 g/mol. The summed E-state index contributed by atoms with van der Waals surface area (Å²) in [6.45, 7) is 2.48. The number of carbonyl (C=O) groups excluding carboxylic acids is 1. The lowest BCUT2D eigenvalue weighted by atomic mass is 10.5. The molecule has 0 saturated heterocycles. The Morgan fingerprint density at radius 1 is 1.80 bits per heavy atom. The van der Waals surface area contributed by atoms with E-state index in [9.17, 15) is 4.79 Å². The zero-order valence-electron chi connectivity index (χ0n) is 6.17. The van der Waals surface area contributed by atoms with Crippen LogP contribution in [0, 0.1) is 0 Å². The highest BCUT2D eigenvalue weighted by atomic mass is 35.5. The van der Waals surface area contributed by atoms with Crippen LogP contribution in [0.25, 0.3) is 0 Å². The smallest absolute Gasteiger partial charge is 0.242 e. The number of hydrogen-bond donors (Lipinski definition) is 0. The number of amides is 1.